The molecule has 1 heterocycles. The van der Waals surface area contributed by atoms with Crippen LogP contribution in [0.2, 0.25) is 0 Å². The lowest BCUT2D eigenvalue weighted by molar-refractivity contribution is -0.605. The first kappa shape index (κ1) is 12.6. The van der Waals surface area contributed by atoms with Crippen molar-refractivity contribution < 1.29 is 4.68 Å². The molecular weight excluding hydrogens is 240 g/mol. The molecule has 1 saturated heterocycles. The molecule has 1 N–H and O–H groups in total. The van der Waals surface area contributed by atoms with Gasteiger partial charge in [-0.05, 0) is 25.2 Å². The van der Waals surface area contributed by atoms with E-state index in [0.29, 0.717) is 23.8 Å². The minimum atomic E-state index is 0.596. The van der Waals surface area contributed by atoms with Crippen molar-refractivity contribution in [3.05, 3.63) is 0 Å². The first-order chi connectivity index (χ1) is 8.50. The Morgan fingerprint density at radius 3 is 2.39 bits per heavy atom. The smallest absolute Gasteiger partial charge is 0.158 e. The third-order valence-electron chi connectivity index (χ3n) is 5.17. The van der Waals surface area contributed by atoms with E-state index >= 15 is 0 Å². The molecule has 3 heteroatoms. The SMILES string of the molecule is CC(C)C(C(C)C)=[N+]1NC(=S)[C@@H]2C1[C@H]1CC[C@@H]2C1. The number of nitrogens with zero attached hydrogens (tertiary/aromatic N) is 1. The molecule has 1 aliphatic heterocycles. The molecule has 0 spiro atoms. The summed E-state index contributed by atoms with van der Waals surface area (Å²) in [5.41, 5.74) is 5.09. The second-order valence-corrected chi connectivity index (χ2v) is 7.37. The van der Waals surface area contributed by atoms with E-state index in [9.17, 15) is 0 Å². The van der Waals surface area contributed by atoms with Crippen LogP contribution in [-0.4, -0.2) is 21.4 Å². The summed E-state index contributed by atoms with van der Waals surface area (Å²) in [5.74, 6) is 3.58. The zero-order chi connectivity index (χ0) is 13.0. The van der Waals surface area contributed by atoms with Crippen molar-refractivity contribution in [1.29, 1.82) is 0 Å². The van der Waals surface area contributed by atoms with E-state index in [1.807, 2.05) is 0 Å². The van der Waals surface area contributed by atoms with Crippen LogP contribution in [0.4, 0.5) is 0 Å². The van der Waals surface area contributed by atoms with Crippen LogP contribution < -0.4 is 5.43 Å². The van der Waals surface area contributed by atoms with Crippen molar-refractivity contribution in [1.82, 2.24) is 5.43 Å². The largest absolute Gasteiger partial charge is 0.193 e. The fourth-order valence-corrected chi connectivity index (χ4v) is 5.16. The Morgan fingerprint density at radius 1 is 1.17 bits per heavy atom. The van der Waals surface area contributed by atoms with Gasteiger partial charge in [0.1, 0.15) is 4.99 Å². The lowest BCUT2D eigenvalue weighted by Gasteiger charge is -2.21. The zero-order valence-electron chi connectivity index (χ0n) is 11.9. The first-order valence-electron chi connectivity index (χ1n) is 7.47. The van der Waals surface area contributed by atoms with Crippen LogP contribution >= 0.6 is 12.2 Å². The van der Waals surface area contributed by atoms with Gasteiger partial charge in [-0.25, -0.2) is 0 Å². The number of hydrazine groups is 1. The Labute approximate surface area is 116 Å². The average Bonchev–Trinajstić information content (AvgIpc) is 2.91. The molecule has 2 aliphatic carbocycles. The number of thiocarbonyl (C=S) groups is 1. The molecule has 3 fully saturated rings. The third kappa shape index (κ3) is 1.66. The summed E-state index contributed by atoms with van der Waals surface area (Å²) in [4.78, 5) is 1.12. The maximum Gasteiger partial charge on any atom is 0.193 e. The molecule has 1 unspecified atom stereocenters. The molecular formula is C15H25N2S+. The molecule has 0 aromatic rings. The zero-order valence-corrected chi connectivity index (χ0v) is 12.8. The van der Waals surface area contributed by atoms with Crippen LogP contribution in [0.5, 0.6) is 0 Å². The van der Waals surface area contributed by atoms with Crippen molar-refractivity contribution in [3.8, 4) is 0 Å². The van der Waals surface area contributed by atoms with Gasteiger partial charge >= 0.3 is 0 Å². The van der Waals surface area contributed by atoms with Crippen LogP contribution in [0.1, 0.15) is 47.0 Å². The van der Waals surface area contributed by atoms with E-state index in [0.717, 1.165) is 16.8 Å². The maximum absolute atomic E-state index is 5.62. The van der Waals surface area contributed by atoms with Crippen molar-refractivity contribution in [3.63, 3.8) is 0 Å². The van der Waals surface area contributed by atoms with Gasteiger partial charge in [0.2, 0.25) is 0 Å². The molecule has 0 aromatic heterocycles. The molecule has 100 valence electrons. The molecule has 0 aromatic carbocycles. The Morgan fingerprint density at radius 2 is 1.78 bits per heavy atom. The topological polar surface area (TPSA) is 15.0 Å². The lowest BCUT2D eigenvalue weighted by atomic mass is 9.85. The number of hydrogen-bond acceptors (Lipinski definition) is 1. The molecule has 18 heavy (non-hydrogen) atoms. The molecule has 2 saturated carbocycles. The summed E-state index contributed by atoms with van der Waals surface area (Å²) in [5, 5.41) is 0. The Kier molecular flexibility index (Phi) is 3.00. The molecule has 2 nitrogen and oxygen atoms in total. The van der Waals surface area contributed by atoms with Crippen LogP contribution in [0.25, 0.3) is 0 Å². The molecule has 0 radical (unpaired) electrons. The van der Waals surface area contributed by atoms with Gasteiger partial charge in [-0.1, -0.05) is 39.9 Å². The Balaban J connectivity index is 2.03. The predicted molar refractivity (Wildman–Crippen MR) is 78.8 cm³/mol. The predicted octanol–water partition coefficient (Wildman–Crippen LogP) is 3.01. The van der Waals surface area contributed by atoms with Crippen LogP contribution in [0.15, 0.2) is 0 Å². The van der Waals surface area contributed by atoms with Crippen molar-refractivity contribution in [2.45, 2.75) is 53.0 Å². The van der Waals surface area contributed by atoms with E-state index in [1.54, 1.807) is 0 Å². The van der Waals surface area contributed by atoms with E-state index < -0.39 is 0 Å². The van der Waals surface area contributed by atoms with Gasteiger partial charge in [0.15, 0.2) is 11.8 Å². The highest BCUT2D eigenvalue weighted by atomic mass is 32.1. The van der Waals surface area contributed by atoms with Gasteiger partial charge in [0.05, 0.1) is 5.92 Å². The number of fused-ring (bicyclic) bond motifs is 5. The number of hydrazone groups is 1. The van der Waals surface area contributed by atoms with Crippen LogP contribution in [-0.2, 0) is 0 Å². The molecule has 4 atom stereocenters. The lowest BCUT2D eigenvalue weighted by Crippen LogP contribution is -2.41. The average molecular weight is 265 g/mol. The minimum Gasteiger partial charge on any atom is -0.158 e. The summed E-state index contributed by atoms with van der Waals surface area (Å²) in [6, 6.07) is 0.663. The third-order valence-corrected chi connectivity index (χ3v) is 5.53. The van der Waals surface area contributed by atoms with E-state index in [2.05, 4.69) is 37.8 Å². The number of nitrogens with one attached hydrogen (secondary N) is 1. The van der Waals surface area contributed by atoms with Gasteiger partial charge in [-0.3, -0.25) is 0 Å². The molecule has 3 aliphatic rings. The summed E-state index contributed by atoms with van der Waals surface area (Å²) < 4.78 is 2.48. The fourth-order valence-electron chi connectivity index (χ4n) is 4.73. The summed E-state index contributed by atoms with van der Waals surface area (Å²) >= 11 is 5.62. The number of rotatable bonds is 2. The number of hydrogen-bond donors (Lipinski definition) is 1. The van der Waals surface area contributed by atoms with Gasteiger partial charge in [-0.15, -0.1) is 4.68 Å². The molecule has 0 amide bonds. The standard InChI is InChI=1S/C15H24N2S/c1-8(2)13(9(3)4)17-14-11-6-5-10(7-11)12(14)15(18)16-17/h8-12,14H,5-7H2,1-4H3/p+1/t10-,11+,12+,14?/m1/s1. The quantitative estimate of drug-likeness (QED) is 0.610. The highest BCUT2D eigenvalue weighted by Gasteiger charge is 2.60. The second-order valence-electron chi connectivity index (χ2n) is 6.93. The Bertz CT molecular complexity index is 401. The van der Waals surface area contributed by atoms with Gasteiger partial charge in [-0.2, -0.15) is 5.43 Å². The summed E-state index contributed by atoms with van der Waals surface area (Å²) in [7, 11) is 0. The second kappa shape index (κ2) is 4.29. The highest BCUT2D eigenvalue weighted by molar-refractivity contribution is 7.80. The van der Waals surface area contributed by atoms with Crippen molar-refractivity contribution >= 4 is 22.9 Å². The van der Waals surface area contributed by atoms with Crippen LogP contribution in [0.3, 0.4) is 0 Å². The molecule has 2 bridgehead atoms. The van der Waals surface area contributed by atoms with E-state index in [-0.39, 0.29) is 0 Å². The van der Waals surface area contributed by atoms with E-state index in [1.165, 1.54) is 25.0 Å². The van der Waals surface area contributed by atoms with Crippen LogP contribution in [0, 0.1) is 29.6 Å². The monoisotopic (exact) mass is 265 g/mol. The van der Waals surface area contributed by atoms with Crippen molar-refractivity contribution in [2.24, 2.45) is 29.6 Å². The van der Waals surface area contributed by atoms with Gasteiger partial charge < -0.3 is 0 Å². The summed E-state index contributed by atoms with van der Waals surface area (Å²) in [6.45, 7) is 9.22. The van der Waals surface area contributed by atoms with Gasteiger partial charge in [0, 0.05) is 17.8 Å². The normalized spacial score (nSPS) is 37.7. The minimum absolute atomic E-state index is 0.596. The Hall–Kier alpha value is -0.440. The maximum atomic E-state index is 5.62. The highest BCUT2D eigenvalue weighted by Crippen LogP contribution is 2.51. The van der Waals surface area contributed by atoms with Gasteiger partial charge in [0.25, 0.3) is 0 Å². The van der Waals surface area contributed by atoms with E-state index in [4.69, 9.17) is 12.2 Å². The fraction of sp³-hybridized carbons (Fsp3) is 0.867. The summed E-state index contributed by atoms with van der Waals surface area (Å²) in [6.07, 6.45) is 4.23. The van der Waals surface area contributed by atoms with Crippen molar-refractivity contribution in [2.75, 3.05) is 0 Å². The first-order valence-corrected chi connectivity index (χ1v) is 7.88. The molecule has 3 rings (SSSR count).